The summed E-state index contributed by atoms with van der Waals surface area (Å²) in [6.07, 6.45) is 9.89. The fourth-order valence-electron chi connectivity index (χ4n) is 5.73. The van der Waals surface area contributed by atoms with E-state index in [4.69, 9.17) is 23.2 Å². The van der Waals surface area contributed by atoms with Crippen LogP contribution >= 0.6 is 23.2 Å². The van der Waals surface area contributed by atoms with Crippen molar-refractivity contribution >= 4 is 34.8 Å². The Morgan fingerprint density at radius 2 is 1.93 bits per heavy atom. The van der Waals surface area contributed by atoms with Gasteiger partial charge in [-0.15, -0.1) is 0 Å². The monoisotopic (exact) mass is 434 g/mol. The van der Waals surface area contributed by atoms with E-state index < -0.39 is 5.41 Å². The van der Waals surface area contributed by atoms with Crippen LogP contribution in [0.25, 0.3) is 0 Å². The molecule has 1 unspecified atom stereocenters. The molecule has 29 heavy (non-hydrogen) atoms. The highest BCUT2D eigenvalue weighted by Crippen LogP contribution is 2.53. The molecule has 0 fully saturated rings. The van der Waals surface area contributed by atoms with Gasteiger partial charge in [0.05, 0.1) is 5.41 Å². The van der Waals surface area contributed by atoms with Crippen molar-refractivity contribution in [1.29, 1.82) is 0 Å². The van der Waals surface area contributed by atoms with E-state index in [2.05, 4.69) is 43.5 Å². The SMILES string of the molecule is CCC(CC)[C@H](NC)[C@]1([C@@H](CC)C2C=CC=C(Cl)C2)C(=O)Nc2cc(Cl)ccc21. The zero-order valence-electron chi connectivity index (χ0n) is 17.8. The van der Waals surface area contributed by atoms with E-state index in [1.165, 1.54) is 0 Å². The Bertz CT molecular complexity index is 815. The van der Waals surface area contributed by atoms with Gasteiger partial charge in [-0.1, -0.05) is 81.5 Å². The highest BCUT2D eigenvalue weighted by molar-refractivity contribution is 6.31. The van der Waals surface area contributed by atoms with E-state index in [9.17, 15) is 4.79 Å². The molecule has 1 aromatic rings. The van der Waals surface area contributed by atoms with Crippen molar-refractivity contribution in [1.82, 2.24) is 5.32 Å². The number of allylic oxidation sites excluding steroid dienone is 4. The number of hydrogen-bond donors (Lipinski definition) is 2. The van der Waals surface area contributed by atoms with Gasteiger partial charge in [0, 0.05) is 21.8 Å². The Morgan fingerprint density at radius 3 is 2.52 bits per heavy atom. The molecule has 0 spiro atoms. The third-order valence-corrected chi connectivity index (χ3v) is 7.50. The van der Waals surface area contributed by atoms with Gasteiger partial charge < -0.3 is 10.6 Å². The predicted octanol–water partition coefficient (Wildman–Crippen LogP) is 6.28. The number of hydrogen-bond acceptors (Lipinski definition) is 2. The maximum atomic E-state index is 13.9. The third kappa shape index (κ3) is 3.78. The molecular formula is C24H32Cl2N2O. The Labute approximate surface area is 184 Å². The average Bonchev–Trinajstić information content (AvgIpc) is 2.98. The number of fused-ring (bicyclic) bond motifs is 1. The van der Waals surface area contributed by atoms with Crippen LogP contribution in [0.3, 0.4) is 0 Å². The molecule has 0 saturated carbocycles. The smallest absolute Gasteiger partial charge is 0.237 e. The summed E-state index contributed by atoms with van der Waals surface area (Å²) in [6.45, 7) is 6.61. The molecule has 158 valence electrons. The molecule has 0 bridgehead atoms. The van der Waals surface area contributed by atoms with E-state index >= 15 is 0 Å². The van der Waals surface area contributed by atoms with Crippen molar-refractivity contribution in [2.24, 2.45) is 17.8 Å². The second-order valence-electron chi connectivity index (χ2n) is 8.24. The van der Waals surface area contributed by atoms with Crippen molar-refractivity contribution in [2.75, 3.05) is 12.4 Å². The predicted molar refractivity (Wildman–Crippen MR) is 124 cm³/mol. The van der Waals surface area contributed by atoms with Crippen LogP contribution in [-0.4, -0.2) is 19.0 Å². The van der Waals surface area contributed by atoms with Crippen LogP contribution in [-0.2, 0) is 10.2 Å². The molecule has 1 aromatic carbocycles. The van der Waals surface area contributed by atoms with Gasteiger partial charge in [0.2, 0.25) is 5.91 Å². The summed E-state index contributed by atoms with van der Waals surface area (Å²) in [5, 5.41) is 8.24. The Hall–Kier alpha value is -1.29. The lowest BCUT2D eigenvalue weighted by atomic mass is 9.57. The minimum atomic E-state index is -0.677. The van der Waals surface area contributed by atoms with Gasteiger partial charge in [-0.2, -0.15) is 0 Å². The molecule has 0 aromatic heterocycles. The second-order valence-corrected chi connectivity index (χ2v) is 9.16. The number of rotatable bonds is 8. The number of carbonyl (C=O) groups is 1. The maximum Gasteiger partial charge on any atom is 0.237 e. The number of halogens is 2. The summed E-state index contributed by atoms with van der Waals surface area (Å²) in [5.74, 6) is 0.767. The molecule has 3 nitrogen and oxygen atoms in total. The van der Waals surface area contributed by atoms with Crippen LogP contribution in [0.4, 0.5) is 5.69 Å². The number of carbonyl (C=O) groups excluding carboxylic acids is 1. The summed E-state index contributed by atoms with van der Waals surface area (Å²) in [5.41, 5.74) is 1.22. The number of benzene rings is 1. The topological polar surface area (TPSA) is 41.1 Å². The van der Waals surface area contributed by atoms with Crippen molar-refractivity contribution in [3.05, 3.63) is 52.0 Å². The summed E-state index contributed by atoms with van der Waals surface area (Å²) >= 11 is 12.7. The molecular weight excluding hydrogens is 403 g/mol. The van der Waals surface area contributed by atoms with Crippen molar-refractivity contribution in [2.45, 2.75) is 57.9 Å². The minimum absolute atomic E-state index is 0.0166. The van der Waals surface area contributed by atoms with E-state index in [1.807, 2.05) is 31.3 Å². The molecule has 1 amide bonds. The number of amides is 1. The van der Waals surface area contributed by atoms with Gasteiger partial charge in [-0.3, -0.25) is 4.79 Å². The van der Waals surface area contributed by atoms with Gasteiger partial charge in [0.1, 0.15) is 0 Å². The highest BCUT2D eigenvalue weighted by Gasteiger charge is 2.59. The maximum absolute atomic E-state index is 13.9. The number of likely N-dealkylation sites (N-methyl/N-ethyl adjacent to an activating group) is 1. The summed E-state index contributed by atoms with van der Waals surface area (Å²) < 4.78 is 0. The lowest BCUT2D eigenvalue weighted by Gasteiger charge is -2.47. The van der Waals surface area contributed by atoms with E-state index in [-0.39, 0.29) is 23.8 Å². The first-order valence-corrected chi connectivity index (χ1v) is 11.5. The van der Waals surface area contributed by atoms with Crippen LogP contribution in [0.5, 0.6) is 0 Å². The number of anilines is 1. The first-order chi connectivity index (χ1) is 13.9. The van der Waals surface area contributed by atoms with Crippen LogP contribution in [0.2, 0.25) is 5.02 Å². The zero-order valence-corrected chi connectivity index (χ0v) is 19.3. The lowest BCUT2D eigenvalue weighted by Crippen LogP contribution is -2.60. The van der Waals surface area contributed by atoms with Gasteiger partial charge >= 0.3 is 0 Å². The summed E-state index contributed by atoms with van der Waals surface area (Å²) in [7, 11) is 1.99. The van der Waals surface area contributed by atoms with Crippen LogP contribution in [0.1, 0.15) is 52.0 Å². The average molecular weight is 435 g/mol. The van der Waals surface area contributed by atoms with Crippen molar-refractivity contribution in [3.8, 4) is 0 Å². The van der Waals surface area contributed by atoms with Crippen LogP contribution < -0.4 is 10.6 Å². The molecule has 2 aliphatic rings. The Kier molecular flexibility index (Phi) is 7.14. The van der Waals surface area contributed by atoms with Crippen LogP contribution in [0, 0.1) is 17.8 Å². The molecule has 2 N–H and O–H groups in total. The first kappa shape index (κ1) is 22.4. The molecule has 0 radical (unpaired) electrons. The third-order valence-electron chi connectivity index (χ3n) is 6.98. The van der Waals surface area contributed by atoms with E-state index in [1.54, 1.807) is 0 Å². The second kappa shape index (κ2) is 9.24. The quantitative estimate of drug-likeness (QED) is 0.505. The van der Waals surface area contributed by atoms with Gasteiger partial charge in [0.25, 0.3) is 0 Å². The summed E-state index contributed by atoms with van der Waals surface area (Å²) in [6, 6.07) is 5.86. The molecule has 0 saturated heterocycles. The molecule has 1 aliphatic carbocycles. The Morgan fingerprint density at radius 1 is 1.21 bits per heavy atom. The molecule has 5 heteroatoms. The standard InChI is InChI=1S/C24H32Cl2N2O/c1-5-15(6-2)22(27-4)24(19(7-3)16-9-8-10-17(25)13-16)20-12-11-18(26)14-21(20)28-23(24)29/h8-12,14-16,19,22,27H,5-7,13H2,1-4H3,(H,28,29)/t16?,19-,22-,24+/m0/s1. The Balaban J connectivity index is 2.24. The van der Waals surface area contributed by atoms with Gasteiger partial charge in [-0.05, 0) is 55.0 Å². The molecule has 1 aliphatic heterocycles. The van der Waals surface area contributed by atoms with Crippen molar-refractivity contribution in [3.63, 3.8) is 0 Å². The molecule has 4 atom stereocenters. The normalized spacial score (nSPS) is 25.6. The van der Waals surface area contributed by atoms with Gasteiger partial charge in [-0.25, -0.2) is 0 Å². The van der Waals surface area contributed by atoms with E-state index in [0.717, 1.165) is 42.0 Å². The van der Waals surface area contributed by atoms with E-state index in [0.29, 0.717) is 10.9 Å². The highest BCUT2D eigenvalue weighted by atomic mass is 35.5. The minimum Gasteiger partial charge on any atom is -0.325 e. The van der Waals surface area contributed by atoms with Gasteiger partial charge in [0.15, 0.2) is 0 Å². The molecule has 1 heterocycles. The van der Waals surface area contributed by atoms with Crippen molar-refractivity contribution < 1.29 is 4.79 Å². The number of nitrogens with one attached hydrogen (secondary N) is 2. The van der Waals surface area contributed by atoms with Crippen LogP contribution in [0.15, 0.2) is 41.5 Å². The first-order valence-electron chi connectivity index (χ1n) is 10.7. The fraction of sp³-hybridized carbons (Fsp3) is 0.542. The zero-order chi connectivity index (χ0) is 21.2. The fourth-order valence-corrected chi connectivity index (χ4v) is 6.16. The largest absolute Gasteiger partial charge is 0.325 e. The lowest BCUT2D eigenvalue weighted by molar-refractivity contribution is -0.126. The molecule has 3 rings (SSSR count). The summed E-state index contributed by atoms with van der Waals surface area (Å²) in [4.78, 5) is 13.9.